The predicted molar refractivity (Wildman–Crippen MR) is 152 cm³/mol. The summed E-state index contributed by atoms with van der Waals surface area (Å²) in [6, 6.07) is 26.0. The summed E-state index contributed by atoms with van der Waals surface area (Å²) in [6.07, 6.45) is 2.13. The number of amides is 1. The first-order chi connectivity index (χ1) is 17.9. The van der Waals surface area contributed by atoms with E-state index in [9.17, 15) is 4.79 Å². The van der Waals surface area contributed by atoms with Gasteiger partial charge in [0.1, 0.15) is 0 Å². The standard InChI is InChI=1S/C30H31N5OS/c1-20-10-9-13-24(18-20)35-21(2)19-25(22(35)3)29-28(26-14-7-8-16-31-26)33-30(37)34(29)17-15-27(36)32-23-11-5-4-6-12-23/h4-14,16,18-19,28-29H,15,17H2,1-3H3,(H,32,36)(H,33,37)/t28-,29+/m0/s1. The summed E-state index contributed by atoms with van der Waals surface area (Å²) in [6.45, 7) is 6.89. The third-order valence-corrected chi connectivity index (χ3v) is 7.24. The van der Waals surface area contributed by atoms with Gasteiger partial charge in [0, 0.05) is 41.9 Å². The fourth-order valence-electron chi connectivity index (χ4n) is 5.20. The molecule has 0 radical (unpaired) electrons. The average Bonchev–Trinajstić information content (AvgIpc) is 3.38. The highest BCUT2D eigenvalue weighted by Crippen LogP contribution is 2.41. The number of carbonyl (C=O) groups is 1. The molecule has 1 fully saturated rings. The number of pyridine rings is 1. The van der Waals surface area contributed by atoms with Crippen molar-refractivity contribution in [1.82, 2.24) is 19.8 Å². The molecule has 1 amide bonds. The Bertz CT molecular complexity index is 1420. The third-order valence-electron chi connectivity index (χ3n) is 6.88. The fraction of sp³-hybridized carbons (Fsp3) is 0.233. The molecule has 3 heterocycles. The van der Waals surface area contributed by atoms with E-state index in [-0.39, 0.29) is 18.0 Å². The molecule has 0 aliphatic carbocycles. The molecular weight excluding hydrogens is 478 g/mol. The number of nitrogens with zero attached hydrogens (tertiary/aromatic N) is 3. The molecule has 0 saturated carbocycles. The van der Waals surface area contributed by atoms with Gasteiger partial charge in [-0.05, 0) is 86.6 Å². The highest BCUT2D eigenvalue weighted by Gasteiger charge is 2.41. The first-order valence-electron chi connectivity index (χ1n) is 12.5. The van der Waals surface area contributed by atoms with Crippen molar-refractivity contribution in [3.63, 3.8) is 0 Å². The Hall–Kier alpha value is -3.97. The van der Waals surface area contributed by atoms with Crippen molar-refractivity contribution in [2.45, 2.75) is 39.3 Å². The van der Waals surface area contributed by atoms with Crippen LogP contribution >= 0.6 is 12.2 Å². The summed E-state index contributed by atoms with van der Waals surface area (Å²) in [5.41, 5.74) is 7.54. The van der Waals surface area contributed by atoms with Crippen LogP contribution in [0, 0.1) is 20.8 Å². The second-order valence-corrected chi connectivity index (χ2v) is 9.87. The number of rotatable bonds is 7. The molecule has 37 heavy (non-hydrogen) atoms. The van der Waals surface area contributed by atoms with E-state index in [2.05, 4.69) is 76.2 Å². The van der Waals surface area contributed by atoms with Crippen molar-refractivity contribution in [3.8, 4) is 5.69 Å². The topological polar surface area (TPSA) is 62.2 Å². The summed E-state index contributed by atoms with van der Waals surface area (Å²) >= 11 is 5.82. The lowest BCUT2D eigenvalue weighted by atomic mass is 9.96. The number of benzene rings is 2. The molecule has 1 aliphatic heterocycles. The molecule has 1 aliphatic rings. The van der Waals surface area contributed by atoms with Gasteiger partial charge in [-0.25, -0.2) is 0 Å². The summed E-state index contributed by atoms with van der Waals surface area (Å²) in [5.74, 6) is -0.0423. The Morgan fingerprint density at radius 2 is 1.78 bits per heavy atom. The minimum Gasteiger partial charge on any atom is -0.352 e. The molecule has 5 rings (SSSR count). The van der Waals surface area contributed by atoms with Crippen LogP contribution in [0.3, 0.4) is 0 Å². The molecule has 188 valence electrons. The molecule has 0 spiro atoms. The zero-order valence-electron chi connectivity index (χ0n) is 21.3. The van der Waals surface area contributed by atoms with Crippen molar-refractivity contribution < 1.29 is 4.79 Å². The van der Waals surface area contributed by atoms with E-state index < -0.39 is 0 Å². The number of hydrogen-bond acceptors (Lipinski definition) is 3. The summed E-state index contributed by atoms with van der Waals surface area (Å²) in [7, 11) is 0. The van der Waals surface area contributed by atoms with Gasteiger partial charge in [0.15, 0.2) is 5.11 Å². The van der Waals surface area contributed by atoms with E-state index in [4.69, 9.17) is 12.2 Å². The number of para-hydroxylation sites is 1. The number of anilines is 1. The molecular formula is C30H31N5OS. The van der Waals surface area contributed by atoms with Crippen LogP contribution in [0.1, 0.15) is 46.7 Å². The van der Waals surface area contributed by atoms with Crippen molar-refractivity contribution in [3.05, 3.63) is 113 Å². The lowest BCUT2D eigenvalue weighted by Crippen LogP contribution is -2.32. The van der Waals surface area contributed by atoms with Crippen molar-refractivity contribution in [2.24, 2.45) is 0 Å². The molecule has 2 aromatic heterocycles. The van der Waals surface area contributed by atoms with Gasteiger partial charge >= 0.3 is 0 Å². The number of nitrogens with one attached hydrogen (secondary N) is 2. The van der Waals surface area contributed by atoms with Crippen LogP contribution < -0.4 is 10.6 Å². The molecule has 4 aromatic rings. The number of aryl methyl sites for hydroxylation is 2. The van der Waals surface area contributed by atoms with E-state index >= 15 is 0 Å². The van der Waals surface area contributed by atoms with E-state index in [1.165, 1.54) is 11.1 Å². The predicted octanol–water partition coefficient (Wildman–Crippen LogP) is 5.80. The lowest BCUT2D eigenvalue weighted by molar-refractivity contribution is -0.116. The number of thiocarbonyl (C=S) groups is 1. The van der Waals surface area contributed by atoms with E-state index in [1.807, 2.05) is 54.7 Å². The van der Waals surface area contributed by atoms with Crippen LogP contribution in [0.4, 0.5) is 5.69 Å². The van der Waals surface area contributed by atoms with Gasteiger partial charge in [-0.1, -0.05) is 36.4 Å². The quantitative estimate of drug-likeness (QED) is 0.309. The molecule has 0 bridgehead atoms. The van der Waals surface area contributed by atoms with E-state index in [1.54, 1.807) is 0 Å². The van der Waals surface area contributed by atoms with Gasteiger partial charge in [0.2, 0.25) is 5.91 Å². The monoisotopic (exact) mass is 509 g/mol. The fourth-order valence-corrected chi connectivity index (χ4v) is 5.54. The normalized spacial score (nSPS) is 17.1. The molecule has 2 atom stereocenters. The van der Waals surface area contributed by atoms with Crippen LogP contribution in [0.25, 0.3) is 5.69 Å². The van der Waals surface area contributed by atoms with E-state index in [0.29, 0.717) is 18.1 Å². The summed E-state index contributed by atoms with van der Waals surface area (Å²) < 4.78 is 2.29. The molecule has 1 saturated heterocycles. The molecule has 2 aromatic carbocycles. The Labute approximate surface area is 223 Å². The first kappa shape index (κ1) is 24.7. The van der Waals surface area contributed by atoms with Gasteiger partial charge in [0.05, 0.1) is 17.8 Å². The van der Waals surface area contributed by atoms with E-state index in [0.717, 1.165) is 28.5 Å². The maximum Gasteiger partial charge on any atom is 0.226 e. The van der Waals surface area contributed by atoms with Gasteiger partial charge in [-0.3, -0.25) is 9.78 Å². The Kier molecular flexibility index (Phi) is 7.06. The number of carbonyl (C=O) groups excluding carboxylic acids is 1. The number of aromatic nitrogens is 2. The van der Waals surface area contributed by atoms with Crippen molar-refractivity contribution >= 4 is 28.9 Å². The number of hydrogen-bond donors (Lipinski definition) is 2. The van der Waals surface area contributed by atoms with Crippen LogP contribution in [0.2, 0.25) is 0 Å². The van der Waals surface area contributed by atoms with Crippen LogP contribution in [-0.4, -0.2) is 32.0 Å². The minimum atomic E-state index is -0.127. The smallest absolute Gasteiger partial charge is 0.226 e. The first-order valence-corrected chi connectivity index (χ1v) is 12.9. The lowest BCUT2D eigenvalue weighted by Gasteiger charge is -2.28. The highest BCUT2D eigenvalue weighted by molar-refractivity contribution is 7.80. The highest BCUT2D eigenvalue weighted by atomic mass is 32.1. The maximum atomic E-state index is 12.8. The minimum absolute atomic E-state index is 0.0423. The Balaban J connectivity index is 1.48. The SMILES string of the molecule is Cc1cccc(-n2c(C)cc([C@@H]3[C@H](c4ccccn4)NC(=S)N3CCC(=O)Nc3ccccc3)c2C)c1. The zero-order valence-corrected chi connectivity index (χ0v) is 22.1. The third kappa shape index (κ3) is 5.13. The zero-order chi connectivity index (χ0) is 25.9. The average molecular weight is 510 g/mol. The van der Waals surface area contributed by atoms with Crippen LogP contribution in [0.15, 0.2) is 85.1 Å². The van der Waals surface area contributed by atoms with Gasteiger partial charge in [-0.2, -0.15) is 0 Å². The Morgan fingerprint density at radius 1 is 1.00 bits per heavy atom. The van der Waals surface area contributed by atoms with Gasteiger partial charge < -0.3 is 20.1 Å². The summed E-state index contributed by atoms with van der Waals surface area (Å²) in [5, 5.41) is 7.12. The Morgan fingerprint density at radius 3 is 2.51 bits per heavy atom. The largest absolute Gasteiger partial charge is 0.352 e. The van der Waals surface area contributed by atoms with Crippen molar-refractivity contribution in [1.29, 1.82) is 0 Å². The maximum absolute atomic E-state index is 12.8. The van der Waals surface area contributed by atoms with Gasteiger partial charge in [-0.15, -0.1) is 0 Å². The second kappa shape index (κ2) is 10.6. The van der Waals surface area contributed by atoms with Crippen LogP contribution in [0.5, 0.6) is 0 Å². The summed E-state index contributed by atoms with van der Waals surface area (Å²) in [4.78, 5) is 19.6. The molecule has 0 unspecified atom stereocenters. The molecule has 6 nitrogen and oxygen atoms in total. The molecule has 7 heteroatoms. The van der Waals surface area contributed by atoms with Crippen molar-refractivity contribution in [2.75, 3.05) is 11.9 Å². The van der Waals surface area contributed by atoms with Crippen LogP contribution in [-0.2, 0) is 4.79 Å². The second-order valence-electron chi connectivity index (χ2n) is 9.49. The van der Waals surface area contributed by atoms with Gasteiger partial charge in [0.25, 0.3) is 0 Å². The molecule has 2 N–H and O–H groups in total.